The van der Waals surface area contributed by atoms with Gasteiger partial charge in [-0.2, -0.15) is 24.2 Å². The van der Waals surface area contributed by atoms with Crippen LogP contribution in [-0.4, -0.2) is 46.0 Å². The molecule has 1 atom stereocenters. The van der Waals surface area contributed by atoms with Crippen LogP contribution in [0.3, 0.4) is 0 Å². The zero-order chi connectivity index (χ0) is 26.2. The first kappa shape index (κ1) is 26.5. The van der Waals surface area contributed by atoms with Gasteiger partial charge in [0, 0.05) is 12.1 Å². The van der Waals surface area contributed by atoms with E-state index < -0.39 is 32.8 Å². The third-order valence-corrected chi connectivity index (χ3v) is 8.54. The summed E-state index contributed by atoms with van der Waals surface area (Å²) in [5, 5.41) is 8.74. The zero-order valence-corrected chi connectivity index (χ0v) is 21.1. The molecule has 3 fully saturated rings. The van der Waals surface area contributed by atoms with E-state index in [4.69, 9.17) is 5.14 Å². The maximum Gasteiger partial charge on any atom is 0.417 e. The molecule has 3 saturated heterocycles. The van der Waals surface area contributed by atoms with Gasteiger partial charge in [-0.25, -0.2) is 24.4 Å². The predicted molar refractivity (Wildman–Crippen MR) is 133 cm³/mol. The quantitative estimate of drug-likeness (QED) is 0.329. The summed E-state index contributed by atoms with van der Waals surface area (Å²) in [7, 11) is -4.72. The first-order valence-electron chi connectivity index (χ1n) is 12.4. The van der Waals surface area contributed by atoms with Gasteiger partial charge in [-0.1, -0.05) is 30.3 Å². The summed E-state index contributed by atoms with van der Waals surface area (Å²) in [6.07, 6.45) is -2.55. The fraction of sp³-hybridized carbons (Fsp3) is 0.500. The highest BCUT2D eigenvalue weighted by molar-refractivity contribution is 7.89. The van der Waals surface area contributed by atoms with E-state index in [1.165, 1.54) is 18.1 Å². The highest BCUT2D eigenvalue weighted by Crippen LogP contribution is 2.41. The van der Waals surface area contributed by atoms with Gasteiger partial charge in [0.25, 0.3) is 0 Å². The monoisotopic (exact) mass is 539 g/mol. The van der Waals surface area contributed by atoms with Gasteiger partial charge in [0.05, 0.1) is 5.56 Å². The largest absolute Gasteiger partial charge is 0.417 e. The first-order valence-corrected chi connectivity index (χ1v) is 14.0. The summed E-state index contributed by atoms with van der Waals surface area (Å²) in [4.78, 5) is 1.58. The Hall–Kier alpha value is -2.10. The van der Waals surface area contributed by atoms with Crippen LogP contribution in [0.1, 0.15) is 48.0 Å². The van der Waals surface area contributed by atoms with E-state index in [9.17, 15) is 21.6 Å². The predicted octanol–water partition coefficient (Wildman–Crippen LogP) is 1.92. The van der Waals surface area contributed by atoms with Crippen LogP contribution >= 0.6 is 0 Å². The molecule has 2 aromatic rings. The molecule has 0 saturated carbocycles. The Balaban J connectivity index is 1.41. The smallest absolute Gasteiger partial charge is 0.316 e. The maximum atomic E-state index is 13.8. The number of hydrogen-bond donors (Lipinski definition) is 6. The Labute approximate surface area is 214 Å². The number of sulfonamides is 1. The van der Waals surface area contributed by atoms with Gasteiger partial charge in [-0.3, -0.25) is 0 Å². The fourth-order valence-electron chi connectivity index (χ4n) is 5.68. The van der Waals surface area contributed by atoms with Crippen LogP contribution in [0.5, 0.6) is 0 Å². The maximum absolute atomic E-state index is 13.8. The third-order valence-electron chi connectivity index (χ3n) is 7.53. The topological polar surface area (TPSA) is 124 Å². The minimum atomic E-state index is -4.90. The standard InChI is InChI=1S/C24H32F3N7O2S/c25-24(26,27)20-6-5-19(21(22(20)37(28,35)36)23-30-32-33-31-23)18-3-1-16(2-4-18)17-8-11-34(12-9-17)14-15-7-10-29-13-15/h1-6,15,17,23,29-33H,7-14H2,(H2,28,35,36). The average molecular weight is 540 g/mol. The van der Waals surface area contributed by atoms with Crippen molar-refractivity contribution in [1.82, 2.24) is 32.1 Å². The first-order chi connectivity index (χ1) is 17.6. The van der Waals surface area contributed by atoms with Crippen LogP contribution in [0.4, 0.5) is 13.2 Å². The number of nitrogens with two attached hydrogens (primary N) is 1. The molecule has 3 heterocycles. The van der Waals surface area contributed by atoms with Crippen molar-refractivity contribution in [2.24, 2.45) is 11.1 Å². The van der Waals surface area contributed by atoms with Crippen molar-refractivity contribution in [1.29, 1.82) is 0 Å². The second-order valence-corrected chi connectivity index (χ2v) is 11.5. The highest BCUT2D eigenvalue weighted by atomic mass is 32.2. The van der Waals surface area contributed by atoms with Crippen molar-refractivity contribution in [3.8, 4) is 11.1 Å². The van der Waals surface area contributed by atoms with Gasteiger partial charge >= 0.3 is 6.18 Å². The van der Waals surface area contributed by atoms with Gasteiger partial charge in [-0.15, -0.1) is 0 Å². The van der Waals surface area contributed by atoms with E-state index in [0.717, 1.165) is 57.5 Å². The zero-order valence-electron chi connectivity index (χ0n) is 20.2. The van der Waals surface area contributed by atoms with Crippen molar-refractivity contribution >= 4 is 10.0 Å². The summed E-state index contributed by atoms with van der Waals surface area (Å²) in [6.45, 7) is 5.42. The second kappa shape index (κ2) is 10.6. The van der Waals surface area contributed by atoms with Crippen molar-refractivity contribution in [3.05, 3.63) is 53.1 Å². The van der Waals surface area contributed by atoms with Crippen molar-refractivity contribution in [2.45, 2.75) is 42.4 Å². The number of primary sulfonamides is 1. The SMILES string of the molecule is NS(=O)(=O)c1c(C(F)(F)F)ccc(-c2ccc(C3CCN(CC4CCNC4)CC3)cc2)c1C1NNNN1. The number of hydrogen-bond acceptors (Lipinski definition) is 8. The van der Waals surface area contributed by atoms with Crippen molar-refractivity contribution < 1.29 is 21.6 Å². The molecule has 13 heteroatoms. The molecule has 3 aliphatic rings. The average Bonchev–Trinajstić information content (AvgIpc) is 3.57. The molecule has 0 radical (unpaired) electrons. The number of hydrazine groups is 3. The fourth-order valence-corrected chi connectivity index (χ4v) is 6.71. The molecule has 0 aromatic heterocycles. The molecule has 2 aromatic carbocycles. The number of halogens is 3. The van der Waals surface area contributed by atoms with Gasteiger partial charge in [-0.05, 0) is 80.0 Å². The second-order valence-electron chi connectivity index (χ2n) is 9.97. The number of nitrogens with zero attached hydrogens (tertiary/aromatic N) is 1. The van der Waals surface area contributed by atoms with Crippen LogP contribution in [-0.2, 0) is 16.2 Å². The van der Waals surface area contributed by atoms with E-state index in [0.29, 0.717) is 17.0 Å². The number of likely N-dealkylation sites (tertiary alicyclic amines) is 1. The lowest BCUT2D eigenvalue weighted by molar-refractivity contribution is -0.140. The van der Waals surface area contributed by atoms with Crippen molar-refractivity contribution in [2.75, 3.05) is 32.7 Å². The van der Waals surface area contributed by atoms with Crippen LogP contribution < -0.4 is 32.4 Å². The Morgan fingerprint density at radius 1 is 0.973 bits per heavy atom. The Kier molecular flexibility index (Phi) is 7.58. The summed E-state index contributed by atoms with van der Waals surface area (Å²) < 4.78 is 66.2. The number of alkyl halides is 3. The number of nitrogens with one attached hydrogen (secondary N) is 5. The summed E-state index contributed by atoms with van der Waals surface area (Å²) in [6, 6.07) is 9.71. The van der Waals surface area contributed by atoms with Crippen LogP contribution in [0.2, 0.25) is 0 Å². The number of benzene rings is 2. The minimum Gasteiger partial charge on any atom is -0.316 e. The molecule has 3 aliphatic heterocycles. The molecule has 9 nitrogen and oxygen atoms in total. The molecule has 0 aliphatic carbocycles. The normalized spacial score (nSPS) is 22.6. The molecular formula is C24H32F3N7O2S. The van der Waals surface area contributed by atoms with Crippen molar-refractivity contribution in [3.63, 3.8) is 0 Å². The van der Waals surface area contributed by atoms with Gasteiger partial charge in [0.15, 0.2) is 0 Å². The van der Waals surface area contributed by atoms with Crippen LogP contribution in [0, 0.1) is 5.92 Å². The number of piperidine rings is 1. The summed E-state index contributed by atoms with van der Waals surface area (Å²) in [5.41, 5.74) is 11.1. The summed E-state index contributed by atoms with van der Waals surface area (Å²) in [5.74, 6) is 1.14. The third kappa shape index (κ3) is 5.83. The van der Waals surface area contributed by atoms with E-state index in [2.05, 4.69) is 32.1 Å². The van der Waals surface area contributed by atoms with Crippen LogP contribution in [0.15, 0.2) is 41.3 Å². The molecule has 202 valence electrons. The molecule has 1 unspecified atom stereocenters. The minimum absolute atomic E-state index is 0.114. The lowest BCUT2D eigenvalue weighted by atomic mass is 9.87. The van der Waals surface area contributed by atoms with E-state index >= 15 is 0 Å². The molecule has 5 rings (SSSR count). The molecular weight excluding hydrogens is 507 g/mol. The molecule has 0 amide bonds. The summed E-state index contributed by atoms with van der Waals surface area (Å²) >= 11 is 0. The number of rotatable bonds is 6. The van der Waals surface area contributed by atoms with E-state index in [-0.39, 0.29) is 5.56 Å². The molecule has 0 bridgehead atoms. The van der Waals surface area contributed by atoms with Gasteiger partial charge < -0.3 is 10.2 Å². The van der Waals surface area contributed by atoms with Gasteiger partial charge in [0.1, 0.15) is 11.1 Å². The molecule has 37 heavy (non-hydrogen) atoms. The van der Waals surface area contributed by atoms with Gasteiger partial charge in [0.2, 0.25) is 10.0 Å². The lowest BCUT2D eigenvalue weighted by Crippen LogP contribution is -2.37. The van der Waals surface area contributed by atoms with E-state index in [1.807, 2.05) is 24.3 Å². The Morgan fingerprint density at radius 3 is 2.22 bits per heavy atom. The molecule has 0 spiro atoms. The highest BCUT2D eigenvalue weighted by Gasteiger charge is 2.40. The van der Waals surface area contributed by atoms with Crippen LogP contribution in [0.25, 0.3) is 11.1 Å². The Morgan fingerprint density at radius 2 is 1.65 bits per heavy atom. The van der Waals surface area contributed by atoms with E-state index in [1.54, 1.807) is 0 Å². The molecule has 7 N–H and O–H groups in total. The Bertz CT molecular complexity index is 1200. The lowest BCUT2D eigenvalue weighted by Gasteiger charge is -2.33.